The normalized spacial score (nSPS) is 17.6. The van der Waals surface area contributed by atoms with Crippen LogP contribution in [0.25, 0.3) is 11.0 Å². The second-order valence-electron chi connectivity index (χ2n) is 10.6. The Hall–Kier alpha value is -4.02. The maximum atomic E-state index is 14.1. The first-order valence-electron chi connectivity index (χ1n) is 15.0. The number of para-hydroxylation sites is 1. The van der Waals surface area contributed by atoms with E-state index in [0.29, 0.717) is 73.2 Å². The fraction of sp³-hybridized carbons (Fsp3) is 0.455. The zero-order valence-corrected chi connectivity index (χ0v) is 25.1. The Balaban J connectivity index is 1.50. The molecule has 0 radical (unpaired) electrons. The van der Waals surface area contributed by atoms with Crippen LogP contribution in [0.5, 0.6) is 17.2 Å². The Labute approximate surface area is 251 Å². The van der Waals surface area contributed by atoms with Crippen molar-refractivity contribution in [2.45, 2.75) is 39.2 Å². The highest BCUT2D eigenvalue weighted by Crippen LogP contribution is 2.42. The molecule has 3 heterocycles. The minimum absolute atomic E-state index is 0.0126. The zero-order chi connectivity index (χ0) is 30.3. The van der Waals surface area contributed by atoms with Crippen molar-refractivity contribution in [3.8, 4) is 17.2 Å². The van der Waals surface area contributed by atoms with Gasteiger partial charge in [-0.3, -0.25) is 14.5 Å². The van der Waals surface area contributed by atoms with Crippen LogP contribution in [0.3, 0.4) is 0 Å². The summed E-state index contributed by atoms with van der Waals surface area (Å²) < 4.78 is 28.7. The van der Waals surface area contributed by atoms with Crippen molar-refractivity contribution >= 4 is 22.7 Å². The third-order valence-corrected chi connectivity index (χ3v) is 7.82. The molecular formula is C33H40N2O8. The molecule has 3 aromatic rings. The van der Waals surface area contributed by atoms with Gasteiger partial charge < -0.3 is 33.4 Å². The molecule has 0 aliphatic carbocycles. The van der Waals surface area contributed by atoms with Gasteiger partial charge in [0.15, 0.2) is 34.4 Å². The number of aliphatic hydroxyl groups is 1. The van der Waals surface area contributed by atoms with Crippen LogP contribution >= 0.6 is 0 Å². The van der Waals surface area contributed by atoms with Crippen molar-refractivity contribution in [1.29, 1.82) is 0 Å². The average molecular weight is 593 g/mol. The molecule has 0 bridgehead atoms. The molecule has 230 valence electrons. The van der Waals surface area contributed by atoms with Gasteiger partial charge in [0.25, 0.3) is 5.91 Å². The topological polar surface area (TPSA) is 111 Å². The Morgan fingerprint density at radius 1 is 1.00 bits per heavy atom. The average Bonchev–Trinajstić information content (AvgIpc) is 3.57. The molecule has 10 heteroatoms. The number of Topliss-reactive ketones (excluding diaryl/α,β-unsaturated/α-hetero) is 1. The summed E-state index contributed by atoms with van der Waals surface area (Å²) in [5, 5.41) is 11.9. The number of aliphatic hydroxyl groups excluding tert-OH is 1. The lowest BCUT2D eigenvalue weighted by molar-refractivity contribution is -0.129. The molecule has 0 saturated carbocycles. The first-order chi connectivity index (χ1) is 21.0. The first-order valence-corrected chi connectivity index (χ1v) is 15.0. The van der Waals surface area contributed by atoms with Crippen molar-refractivity contribution in [3.63, 3.8) is 0 Å². The number of rotatable bonds is 14. The fourth-order valence-electron chi connectivity index (χ4n) is 5.60. The second kappa shape index (κ2) is 14.0. The molecule has 2 aliphatic heterocycles. The SMILES string of the molecule is CCCCOc1ccc(C2C(C(=O)c3cc4cccc(OC)c4o3)=C(O)C(=O)N2CCCN2CCOCC2)cc1OCC. The van der Waals surface area contributed by atoms with Gasteiger partial charge in [-0.1, -0.05) is 31.5 Å². The highest BCUT2D eigenvalue weighted by molar-refractivity contribution is 6.16. The van der Waals surface area contributed by atoms with Crippen molar-refractivity contribution in [2.75, 3.05) is 59.7 Å². The number of nitrogens with zero attached hydrogens (tertiary/aromatic N) is 2. The number of carbonyl (C=O) groups excluding carboxylic acids is 2. The minimum atomic E-state index is -0.844. The number of hydrogen-bond acceptors (Lipinski definition) is 9. The smallest absolute Gasteiger partial charge is 0.290 e. The minimum Gasteiger partial charge on any atom is -0.503 e. The van der Waals surface area contributed by atoms with Crippen LogP contribution in [0.2, 0.25) is 0 Å². The standard InChI is InChI=1S/C33H40N2O8/c1-4-6-17-42-24-12-11-22(20-26(24)41-5-2)29-28(30(36)27-21-23-9-7-10-25(39-3)32(23)43-27)31(37)33(38)35(29)14-8-13-34-15-18-40-19-16-34/h7,9-12,20-21,29,37H,4-6,8,13-19H2,1-3H3. The highest BCUT2D eigenvalue weighted by Gasteiger charge is 2.44. The van der Waals surface area contributed by atoms with Crippen LogP contribution in [0.15, 0.2) is 58.2 Å². The molecule has 43 heavy (non-hydrogen) atoms. The summed E-state index contributed by atoms with van der Waals surface area (Å²) >= 11 is 0. The number of morpholine rings is 1. The second-order valence-corrected chi connectivity index (χ2v) is 10.6. The van der Waals surface area contributed by atoms with E-state index >= 15 is 0 Å². The van der Waals surface area contributed by atoms with Crippen LogP contribution in [0, 0.1) is 0 Å². The molecule has 1 atom stereocenters. The summed E-state index contributed by atoms with van der Waals surface area (Å²) in [6.07, 6.45) is 2.56. The number of ketones is 1. The Kier molecular flexibility index (Phi) is 9.89. The number of amides is 1. The van der Waals surface area contributed by atoms with Gasteiger partial charge in [0.1, 0.15) is 0 Å². The number of carbonyl (C=O) groups is 2. The highest BCUT2D eigenvalue weighted by atomic mass is 16.5. The quantitative estimate of drug-likeness (QED) is 0.196. The predicted molar refractivity (Wildman–Crippen MR) is 161 cm³/mol. The number of methoxy groups -OCH3 is 1. The summed E-state index contributed by atoms with van der Waals surface area (Å²) in [6, 6.07) is 11.6. The van der Waals surface area contributed by atoms with E-state index in [9.17, 15) is 14.7 Å². The number of unbranched alkanes of at least 4 members (excludes halogenated alkanes) is 1. The lowest BCUT2D eigenvalue weighted by Gasteiger charge is -2.30. The van der Waals surface area contributed by atoms with Crippen LogP contribution in [0.4, 0.5) is 0 Å². The van der Waals surface area contributed by atoms with E-state index in [2.05, 4.69) is 11.8 Å². The van der Waals surface area contributed by atoms with Crippen molar-refractivity contribution in [3.05, 3.63) is 65.1 Å². The van der Waals surface area contributed by atoms with Gasteiger partial charge in [-0.2, -0.15) is 0 Å². The predicted octanol–water partition coefficient (Wildman–Crippen LogP) is 5.32. The summed E-state index contributed by atoms with van der Waals surface area (Å²) in [4.78, 5) is 31.5. The molecule has 2 aliphatic rings. The van der Waals surface area contributed by atoms with Gasteiger partial charge in [-0.05, 0) is 49.6 Å². The number of furan rings is 1. The van der Waals surface area contributed by atoms with E-state index in [1.54, 1.807) is 35.2 Å². The van der Waals surface area contributed by atoms with Gasteiger partial charge >= 0.3 is 0 Å². The summed E-state index contributed by atoms with van der Waals surface area (Å²) in [5.74, 6) is -0.125. The van der Waals surface area contributed by atoms with Gasteiger partial charge in [0.2, 0.25) is 5.78 Å². The van der Waals surface area contributed by atoms with Crippen LogP contribution in [0.1, 0.15) is 55.3 Å². The van der Waals surface area contributed by atoms with E-state index in [0.717, 1.165) is 32.5 Å². The van der Waals surface area contributed by atoms with E-state index in [-0.39, 0.29) is 11.3 Å². The number of benzene rings is 2. The van der Waals surface area contributed by atoms with Gasteiger partial charge in [-0.25, -0.2) is 0 Å². The lowest BCUT2D eigenvalue weighted by Crippen LogP contribution is -2.39. The van der Waals surface area contributed by atoms with E-state index in [1.807, 2.05) is 19.1 Å². The molecule has 1 unspecified atom stereocenters. The molecule has 0 spiro atoms. The third-order valence-electron chi connectivity index (χ3n) is 7.82. The van der Waals surface area contributed by atoms with Crippen LogP contribution in [-0.2, 0) is 9.53 Å². The van der Waals surface area contributed by atoms with Gasteiger partial charge in [0.05, 0.1) is 45.2 Å². The lowest BCUT2D eigenvalue weighted by atomic mass is 9.94. The molecule has 10 nitrogen and oxygen atoms in total. The molecule has 2 aromatic carbocycles. The Bertz CT molecular complexity index is 1470. The zero-order valence-electron chi connectivity index (χ0n) is 25.1. The largest absolute Gasteiger partial charge is 0.503 e. The van der Waals surface area contributed by atoms with E-state index in [1.165, 1.54) is 7.11 Å². The fourth-order valence-corrected chi connectivity index (χ4v) is 5.60. The van der Waals surface area contributed by atoms with Crippen molar-refractivity contribution in [1.82, 2.24) is 9.80 Å². The molecule has 1 amide bonds. The molecular weight excluding hydrogens is 552 g/mol. The van der Waals surface area contributed by atoms with Crippen LogP contribution < -0.4 is 14.2 Å². The Morgan fingerprint density at radius 2 is 1.81 bits per heavy atom. The van der Waals surface area contributed by atoms with Gasteiger partial charge in [0, 0.05) is 31.6 Å². The summed E-state index contributed by atoms with van der Waals surface area (Å²) in [5.41, 5.74) is 1.02. The number of ether oxygens (including phenoxy) is 4. The van der Waals surface area contributed by atoms with Gasteiger partial charge in [-0.15, -0.1) is 0 Å². The van der Waals surface area contributed by atoms with E-state index < -0.39 is 23.5 Å². The summed E-state index contributed by atoms with van der Waals surface area (Å²) in [7, 11) is 1.53. The molecule has 1 aromatic heterocycles. The molecule has 1 saturated heterocycles. The van der Waals surface area contributed by atoms with Crippen LogP contribution in [-0.4, -0.2) is 86.3 Å². The third kappa shape index (κ3) is 6.50. The number of fused-ring (bicyclic) bond motifs is 1. The summed E-state index contributed by atoms with van der Waals surface area (Å²) in [6.45, 7) is 9.07. The number of hydrogen-bond donors (Lipinski definition) is 1. The maximum absolute atomic E-state index is 14.1. The Morgan fingerprint density at radius 3 is 2.56 bits per heavy atom. The maximum Gasteiger partial charge on any atom is 0.290 e. The van der Waals surface area contributed by atoms with Crippen molar-refractivity contribution in [2.24, 2.45) is 0 Å². The molecule has 1 N–H and O–H groups in total. The molecule has 5 rings (SSSR count). The van der Waals surface area contributed by atoms with Crippen molar-refractivity contribution < 1.29 is 38.1 Å². The van der Waals surface area contributed by atoms with E-state index in [4.69, 9.17) is 23.4 Å². The first kappa shape index (κ1) is 30.4. The molecule has 1 fully saturated rings. The monoisotopic (exact) mass is 592 g/mol.